The summed E-state index contributed by atoms with van der Waals surface area (Å²) in [5.41, 5.74) is -0.0410. The minimum Gasteiger partial charge on any atom is -0.497 e. The molecule has 1 rings (SSSR count). The highest BCUT2D eigenvalue weighted by atomic mass is 28.4. The second-order valence-electron chi connectivity index (χ2n) is 8.97. The fraction of sp³-hybridized carbons (Fsp3) is 0.700. The summed E-state index contributed by atoms with van der Waals surface area (Å²) in [7, 11) is -2.47. The summed E-state index contributed by atoms with van der Waals surface area (Å²) in [5.74, 6) is 0.793. The molecule has 0 bridgehead atoms. The molecule has 0 saturated heterocycles. The first-order valence-corrected chi connectivity index (χ1v) is 15.7. The number of methoxy groups -OCH3 is 1. The molecule has 0 aliphatic rings. The number of benzene rings is 1. The van der Waals surface area contributed by atoms with Gasteiger partial charge in [0.1, 0.15) is 5.75 Å². The van der Waals surface area contributed by atoms with Crippen LogP contribution in [0.4, 0.5) is 0 Å². The van der Waals surface area contributed by atoms with E-state index in [-0.39, 0.29) is 12.2 Å². The minimum absolute atomic E-state index is 0.161. The molecule has 4 nitrogen and oxygen atoms in total. The van der Waals surface area contributed by atoms with E-state index in [0.717, 1.165) is 11.3 Å². The van der Waals surface area contributed by atoms with Gasteiger partial charge in [-0.25, -0.2) is 0 Å². The van der Waals surface area contributed by atoms with E-state index in [1.807, 2.05) is 24.3 Å². The lowest BCUT2D eigenvalue weighted by molar-refractivity contribution is 0.0615. The summed E-state index contributed by atoms with van der Waals surface area (Å²) in [6.45, 7) is 16.9. The Kier molecular flexibility index (Phi) is 8.11. The fourth-order valence-corrected chi connectivity index (χ4v) is 10.4. The van der Waals surface area contributed by atoms with Crippen molar-refractivity contribution in [2.75, 3.05) is 7.11 Å². The lowest BCUT2D eigenvalue weighted by Crippen LogP contribution is -2.47. The normalized spacial score (nSPS) is 13.5. The maximum Gasteiger partial charge on any atom is 0.190 e. The monoisotopic (exact) mass is 398 g/mol. The van der Waals surface area contributed by atoms with Crippen molar-refractivity contribution >= 4 is 16.6 Å². The number of hydrogen-bond donors (Lipinski definition) is 1. The van der Waals surface area contributed by atoms with Crippen molar-refractivity contribution in [3.05, 3.63) is 29.8 Å². The predicted molar refractivity (Wildman–Crippen MR) is 114 cm³/mol. The molecule has 0 aliphatic heterocycles. The van der Waals surface area contributed by atoms with Crippen LogP contribution in [-0.2, 0) is 14.5 Å². The van der Waals surface area contributed by atoms with Gasteiger partial charge in [-0.3, -0.25) is 0 Å². The molecular formula is C20H38O4Si2. The van der Waals surface area contributed by atoms with E-state index in [9.17, 15) is 5.11 Å². The van der Waals surface area contributed by atoms with Crippen LogP contribution in [0.25, 0.3) is 0 Å². The molecule has 1 aromatic rings. The minimum atomic E-state index is -2.06. The highest BCUT2D eigenvalue weighted by molar-refractivity contribution is 6.73. The van der Waals surface area contributed by atoms with Gasteiger partial charge in [-0.2, -0.15) is 0 Å². The summed E-state index contributed by atoms with van der Waals surface area (Å²) in [4.78, 5) is 0. The van der Waals surface area contributed by atoms with Crippen LogP contribution in [-0.4, -0.2) is 41.1 Å². The number of rotatable bonds is 10. The largest absolute Gasteiger partial charge is 0.497 e. The summed E-state index contributed by atoms with van der Waals surface area (Å²) >= 11 is 0. The zero-order valence-corrected chi connectivity index (χ0v) is 20.1. The van der Waals surface area contributed by atoms with Crippen LogP contribution in [0.3, 0.4) is 0 Å². The molecule has 0 aliphatic carbocycles. The van der Waals surface area contributed by atoms with Gasteiger partial charge in [-0.15, -0.1) is 0 Å². The molecular weight excluding hydrogens is 360 g/mol. The van der Waals surface area contributed by atoms with Crippen LogP contribution in [0.15, 0.2) is 24.3 Å². The third-order valence-corrected chi connectivity index (χ3v) is 9.26. The molecule has 0 unspecified atom stereocenters. The molecule has 0 spiro atoms. The number of ether oxygens (including phenoxy) is 1. The second-order valence-corrected chi connectivity index (χ2v) is 17.2. The third-order valence-electron chi connectivity index (χ3n) is 4.17. The lowest BCUT2D eigenvalue weighted by Gasteiger charge is -2.40. The highest BCUT2D eigenvalue weighted by Gasteiger charge is 2.44. The van der Waals surface area contributed by atoms with Gasteiger partial charge in [0.05, 0.1) is 12.7 Å². The smallest absolute Gasteiger partial charge is 0.190 e. The van der Waals surface area contributed by atoms with Crippen LogP contribution in [0, 0.1) is 0 Å². The van der Waals surface area contributed by atoms with Crippen molar-refractivity contribution < 1.29 is 18.7 Å². The summed E-state index contributed by atoms with van der Waals surface area (Å²) in [6.07, 6.45) is 0.322. The van der Waals surface area contributed by atoms with E-state index >= 15 is 0 Å². The van der Waals surface area contributed by atoms with E-state index in [2.05, 4.69) is 53.9 Å². The number of hydrogen-bond acceptors (Lipinski definition) is 4. The van der Waals surface area contributed by atoms with Gasteiger partial charge in [-0.1, -0.05) is 12.1 Å². The first-order chi connectivity index (χ1) is 11.8. The van der Waals surface area contributed by atoms with Gasteiger partial charge in [0, 0.05) is 12.2 Å². The molecule has 0 atom stereocenters. The van der Waals surface area contributed by atoms with E-state index in [1.165, 1.54) is 0 Å². The SMILES string of the molecule is COc1ccc(C(O)(C[Si](C)(C)OC(C)C)C[Si](C)(C)OC(C)C)cc1. The van der Waals surface area contributed by atoms with Gasteiger partial charge >= 0.3 is 0 Å². The van der Waals surface area contributed by atoms with E-state index < -0.39 is 22.2 Å². The highest BCUT2D eigenvalue weighted by Crippen LogP contribution is 2.40. The standard InChI is InChI=1S/C20H38O4Si2/c1-16(2)23-25(6,7)14-20(21,15-26(8,9)24-17(3)4)18-10-12-19(22-5)13-11-18/h10-13,16-17,21H,14-15H2,1-9H3. The molecule has 6 heteroatoms. The summed E-state index contributed by atoms with van der Waals surface area (Å²) < 4.78 is 17.7. The van der Waals surface area contributed by atoms with Crippen molar-refractivity contribution in [3.8, 4) is 5.75 Å². The predicted octanol–water partition coefficient (Wildman–Crippen LogP) is 5.14. The molecule has 1 N–H and O–H groups in total. The van der Waals surface area contributed by atoms with Crippen molar-refractivity contribution in [3.63, 3.8) is 0 Å². The van der Waals surface area contributed by atoms with Gasteiger partial charge in [0.25, 0.3) is 0 Å². The van der Waals surface area contributed by atoms with Gasteiger partial charge in [0.15, 0.2) is 16.6 Å². The van der Waals surface area contributed by atoms with Crippen molar-refractivity contribution in [1.29, 1.82) is 0 Å². The van der Waals surface area contributed by atoms with Crippen LogP contribution in [0.2, 0.25) is 38.3 Å². The topological polar surface area (TPSA) is 47.9 Å². The van der Waals surface area contributed by atoms with E-state index in [4.69, 9.17) is 13.6 Å². The van der Waals surface area contributed by atoms with Crippen molar-refractivity contribution in [1.82, 2.24) is 0 Å². The van der Waals surface area contributed by atoms with Crippen molar-refractivity contribution in [2.24, 2.45) is 0 Å². The Labute approximate surface area is 162 Å². The van der Waals surface area contributed by atoms with E-state index in [0.29, 0.717) is 12.1 Å². The first kappa shape index (κ1) is 23.4. The molecule has 0 saturated carbocycles. The van der Waals surface area contributed by atoms with Crippen LogP contribution in [0.1, 0.15) is 33.3 Å². The quantitative estimate of drug-likeness (QED) is 0.554. The Hall–Kier alpha value is -0.666. The van der Waals surface area contributed by atoms with Crippen LogP contribution in [0.5, 0.6) is 5.75 Å². The zero-order chi connectivity index (χ0) is 20.2. The van der Waals surface area contributed by atoms with Gasteiger partial charge < -0.3 is 18.7 Å². The Morgan fingerprint density at radius 3 is 1.54 bits per heavy atom. The van der Waals surface area contributed by atoms with Crippen LogP contribution < -0.4 is 4.74 Å². The Bertz CT molecular complexity index is 529. The molecule has 1 aromatic carbocycles. The molecule has 0 heterocycles. The van der Waals surface area contributed by atoms with Crippen LogP contribution >= 0.6 is 0 Å². The second kappa shape index (κ2) is 9.02. The Balaban J connectivity index is 3.21. The summed E-state index contributed by atoms with van der Waals surface area (Å²) in [6, 6.07) is 9.05. The molecule has 0 aromatic heterocycles. The van der Waals surface area contributed by atoms with Gasteiger partial charge in [0.2, 0.25) is 0 Å². The Morgan fingerprint density at radius 2 is 1.23 bits per heavy atom. The molecule has 0 radical (unpaired) electrons. The molecule has 0 fully saturated rings. The maximum absolute atomic E-state index is 11.8. The molecule has 150 valence electrons. The first-order valence-electron chi connectivity index (χ1n) is 9.51. The third kappa shape index (κ3) is 7.52. The van der Waals surface area contributed by atoms with Gasteiger partial charge in [-0.05, 0) is 83.7 Å². The Morgan fingerprint density at radius 1 is 0.846 bits per heavy atom. The van der Waals surface area contributed by atoms with Crippen molar-refractivity contribution in [2.45, 2.75) is 83.8 Å². The lowest BCUT2D eigenvalue weighted by atomic mass is 9.98. The zero-order valence-electron chi connectivity index (χ0n) is 18.1. The number of aliphatic hydroxyl groups is 1. The fourth-order valence-electron chi connectivity index (χ4n) is 3.94. The maximum atomic E-state index is 11.8. The summed E-state index contributed by atoms with van der Waals surface area (Å²) in [5, 5.41) is 11.8. The average Bonchev–Trinajstić information content (AvgIpc) is 2.42. The van der Waals surface area contributed by atoms with E-state index in [1.54, 1.807) is 7.11 Å². The molecule has 0 amide bonds. The average molecular weight is 399 g/mol. The molecule has 26 heavy (non-hydrogen) atoms.